The number of ether oxygens (including phenoxy) is 1. The Morgan fingerprint density at radius 1 is 1.21 bits per heavy atom. The molecule has 3 rings (SSSR count). The summed E-state index contributed by atoms with van der Waals surface area (Å²) in [5.74, 6) is 0.722. The van der Waals surface area contributed by atoms with Crippen LogP contribution in [0, 0.1) is 5.82 Å². The summed E-state index contributed by atoms with van der Waals surface area (Å²) in [4.78, 5) is -0.157. The molecular formula is C15H11Br2FO. The van der Waals surface area contributed by atoms with Crippen molar-refractivity contribution in [3.8, 4) is 5.75 Å². The zero-order valence-electron chi connectivity index (χ0n) is 10.00. The predicted octanol–water partition coefficient (Wildman–Crippen LogP) is 5.01. The van der Waals surface area contributed by atoms with E-state index in [0.29, 0.717) is 10.0 Å². The lowest BCUT2D eigenvalue weighted by molar-refractivity contribution is 0.357. The lowest BCUT2D eigenvalue weighted by Gasteiger charge is -2.13. The van der Waals surface area contributed by atoms with Crippen molar-refractivity contribution in [1.82, 2.24) is 0 Å². The highest BCUT2D eigenvalue weighted by atomic mass is 79.9. The topological polar surface area (TPSA) is 9.23 Å². The first-order chi connectivity index (χ1) is 9.16. The fourth-order valence-corrected chi connectivity index (χ4v) is 3.28. The maximum absolute atomic E-state index is 14.1. The van der Waals surface area contributed by atoms with Crippen molar-refractivity contribution in [3.05, 3.63) is 63.4 Å². The summed E-state index contributed by atoms with van der Waals surface area (Å²) in [5.41, 5.74) is 2.87. The van der Waals surface area contributed by atoms with E-state index in [4.69, 9.17) is 4.74 Å². The van der Waals surface area contributed by atoms with Gasteiger partial charge >= 0.3 is 0 Å². The molecule has 0 aromatic heterocycles. The van der Waals surface area contributed by atoms with E-state index < -0.39 is 0 Å². The van der Waals surface area contributed by atoms with Crippen LogP contribution in [0.3, 0.4) is 0 Å². The van der Waals surface area contributed by atoms with E-state index in [1.807, 2.05) is 18.2 Å². The van der Waals surface area contributed by atoms with Gasteiger partial charge in [-0.25, -0.2) is 4.39 Å². The summed E-state index contributed by atoms with van der Waals surface area (Å²) < 4.78 is 20.1. The van der Waals surface area contributed by atoms with E-state index in [0.717, 1.165) is 24.3 Å². The number of rotatable bonds is 2. The summed E-state index contributed by atoms with van der Waals surface area (Å²) in [5, 5.41) is 0. The molecule has 1 unspecified atom stereocenters. The molecule has 0 bridgehead atoms. The van der Waals surface area contributed by atoms with E-state index in [9.17, 15) is 4.39 Å². The fraction of sp³-hybridized carbons (Fsp3) is 0.200. The molecule has 0 spiro atoms. The first-order valence-electron chi connectivity index (χ1n) is 6.00. The Morgan fingerprint density at radius 2 is 2.05 bits per heavy atom. The minimum absolute atomic E-state index is 0.157. The Kier molecular flexibility index (Phi) is 3.63. The molecule has 0 fully saturated rings. The maximum atomic E-state index is 14.1. The Hall–Kier alpha value is -0.870. The van der Waals surface area contributed by atoms with Crippen molar-refractivity contribution in [2.75, 3.05) is 6.61 Å². The highest BCUT2D eigenvalue weighted by molar-refractivity contribution is 9.10. The van der Waals surface area contributed by atoms with Crippen LogP contribution in [0.4, 0.5) is 4.39 Å². The van der Waals surface area contributed by atoms with Gasteiger partial charge < -0.3 is 4.74 Å². The minimum atomic E-state index is -0.221. The SMILES string of the molecule is Fc1c(Br)cccc1C(Br)c1ccc2c(c1)CCO2. The van der Waals surface area contributed by atoms with E-state index in [1.165, 1.54) is 5.56 Å². The van der Waals surface area contributed by atoms with Gasteiger partial charge in [0.2, 0.25) is 0 Å². The van der Waals surface area contributed by atoms with Crippen molar-refractivity contribution < 1.29 is 9.13 Å². The number of halogens is 3. The summed E-state index contributed by atoms with van der Waals surface area (Å²) in [6.45, 7) is 0.733. The van der Waals surface area contributed by atoms with Crippen LogP contribution in [0.25, 0.3) is 0 Å². The second-order valence-electron chi connectivity index (χ2n) is 4.47. The quantitative estimate of drug-likeness (QED) is 0.660. The molecule has 19 heavy (non-hydrogen) atoms. The highest BCUT2D eigenvalue weighted by Crippen LogP contribution is 2.37. The second-order valence-corrected chi connectivity index (χ2v) is 6.24. The zero-order chi connectivity index (χ0) is 13.4. The summed E-state index contributed by atoms with van der Waals surface area (Å²) in [6, 6.07) is 11.4. The molecule has 2 aromatic carbocycles. The van der Waals surface area contributed by atoms with E-state index >= 15 is 0 Å². The Balaban J connectivity index is 2.00. The summed E-state index contributed by atoms with van der Waals surface area (Å²) >= 11 is 6.81. The summed E-state index contributed by atoms with van der Waals surface area (Å²) in [7, 11) is 0. The molecular weight excluding hydrogens is 375 g/mol. The van der Waals surface area contributed by atoms with Gasteiger partial charge in [-0.1, -0.05) is 40.2 Å². The van der Waals surface area contributed by atoms with Crippen LogP contribution < -0.4 is 4.74 Å². The van der Waals surface area contributed by atoms with E-state index in [2.05, 4.69) is 37.9 Å². The lowest BCUT2D eigenvalue weighted by Crippen LogP contribution is -1.98. The molecule has 2 aromatic rings. The third kappa shape index (κ3) is 2.43. The van der Waals surface area contributed by atoms with Crippen molar-refractivity contribution in [1.29, 1.82) is 0 Å². The maximum Gasteiger partial charge on any atom is 0.142 e. The first kappa shape index (κ1) is 13.1. The summed E-state index contributed by atoms with van der Waals surface area (Å²) in [6.07, 6.45) is 0.920. The van der Waals surface area contributed by atoms with Gasteiger partial charge in [-0.15, -0.1) is 0 Å². The zero-order valence-corrected chi connectivity index (χ0v) is 13.2. The molecule has 4 heteroatoms. The number of alkyl halides is 1. The van der Waals surface area contributed by atoms with Gasteiger partial charge in [0.15, 0.2) is 0 Å². The number of fused-ring (bicyclic) bond motifs is 1. The van der Waals surface area contributed by atoms with Crippen molar-refractivity contribution >= 4 is 31.9 Å². The lowest BCUT2D eigenvalue weighted by atomic mass is 10.0. The van der Waals surface area contributed by atoms with Crippen molar-refractivity contribution in [2.45, 2.75) is 11.2 Å². The molecule has 0 N–H and O–H groups in total. The highest BCUT2D eigenvalue weighted by Gasteiger charge is 2.19. The van der Waals surface area contributed by atoms with Gasteiger partial charge in [-0.3, -0.25) is 0 Å². The third-order valence-corrected chi connectivity index (χ3v) is 4.90. The van der Waals surface area contributed by atoms with E-state index in [-0.39, 0.29) is 10.6 Å². The molecule has 0 amide bonds. The van der Waals surface area contributed by atoms with Gasteiger partial charge in [-0.2, -0.15) is 0 Å². The van der Waals surface area contributed by atoms with Gasteiger partial charge in [0.05, 0.1) is 15.9 Å². The van der Waals surface area contributed by atoms with Crippen LogP contribution in [0.1, 0.15) is 21.5 Å². The molecule has 1 heterocycles. The molecule has 1 nitrogen and oxygen atoms in total. The average Bonchev–Trinajstić information content (AvgIpc) is 2.88. The van der Waals surface area contributed by atoms with Crippen LogP contribution in [-0.4, -0.2) is 6.61 Å². The Labute approximate surface area is 128 Å². The van der Waals surface area contributed by atoms with Crippen LogP contribution in [0.5, 0.6) is 5.75 Å². The number of benzene rings is 2. The van der Waals surface area contributed by atoms with Gasteiger partial charge in [0.1, 0.15) is 11.6 Å². The Bertz CT molecular complexity index is 628. The molecule has 0 saturated carbocycles. The van der Waals surface area contributed by atoms with E-state index in [1.54, 1.807) is 12.1 Å². The van der Waals surface area contributed by atoms with Crippen LogP contribution in [0.2, 0.25) is 0 Å². The van der Waals surface area contributed by atoms with Gasteiger partial charge in [-0.05, 0) is 39.2 Å². The molecule has 1 aliphatic rings. The molecule has 1 atom stereocenters. The molecule has 98 valence electrons. The number of hydrogen-bond acceptors (Lipinski definition) is 1. The van der Waals surface area contributed by atoms with Crippen LogP contribution in [-0.2, 0) is 6.42 Å². The average molecular weight is 386 g/mol. The molecule has 1 aliphatic heterocycles. The normalized spacial score (nSPS) is 14.9. The first-order valence-corrected chi connectivity index (χ1v) is 7.71. The monoisotopic (exact) mass is 384 g/mol. The minimum Gasteiger partial charge on any atom is -0.493 e. The smallest absolute Gasteiger partial charge is 0.142 e. The largest absolute Gasteiger partial charge is 0.493 e. The third-order valence-electron chi connectivity index (χ3n) is 3.26. The molecule has 0 saturated heterocycles. The van der Waals surface area contributed by atoms with Crippen molar-refractivity contribution in [2.24, 2.45) is 0 Å². The van der Waals surface area contributed by atoms with Crippen LogP contribution in [0.15, 0.2) is 40.9 Å². The number of hydrogen-bond donors (Lipinski definition) is 0. The molecule has 0 radical (unpaired) electrons. The van der Waals surface area contributed by atoms with Crippen LogP contribution >= 0.6 is 31.9 Å². The van der Waals surface area contributed by atoms with Gasteiger partial charge in [0.25, 0.3) is 0 Å². The predicted molar refractivity (Wildman–Crippen MR) is 80.5 cm³/mol. The van der Waals surface area contributed by atoms with Crippen molar-refractivity contribution in [3.63, 3.8) is 0 Å². The van der Waals surface area contributed by atoms with Gasteiger partial charge in [0, 0.05) is 12.0 Å². The Morgan fingerprint density at radius 3 is 2.89 bits per heavy atom. The molecule has 0 aliphatic carbocycles. The fourth-order valence-electron chi connectivity index (χ4n) is 2.26. The standard InChI is InChI=1S/C15H11Br2FO/c16-12-3-1-2-11(15(12)18)14(17)10-4-5-13-9(8-10)6-7-19-13/h1-5,8,14H,6-7H2. The second kappa shape index (κ2) is 5.25.